The zero-order valence-electron chi connectivity index (χ0n) is 13.6. The quantitative estimate of drug-likeness (QED) is 0.714. The predicted molar refractivity (Wildman–Crippen MR) is 97.3 cm³/mol. The zero-order valence-corrected chi connectivity index (χ0v) is 16.1. The van der Waals surface area contributed by atoms with Crippen molar-refractivity contribution in [2.24, 2.45) is 0 Å². The maximum absolute atomic E-state index is 12.7. The lowest BCUT2D eigenvalue weighted by atomic mass is 10.0. The molecule has 1 aliphatic rings. The van der Waals surface area contributed by atoms with Gasteiger partial charge in [0.1, 0.15) is 5.01 Å². The molecule has 4 rings (SSSR count). The van der Waals surface area contributed by atoms with Gasteiger partial charge in [-0.15, -0.1) is 22.7 Å². The number of sulfonamides is 1. The molecule has 1 N–H and O–H groups in total. The van der Waals surface area contributed by atoms with Gasteiger partial charge < -0.3 is 4.52 Å². The molecule has 0 aromatic carbocycles. The second kappa shape index (κ2) is 6.64. The number of rotatable bonds is 5. The van der Waals surface area contributed by atoms with E-state index in [4.69, 9.17) is 4.52 Å². The Labute approximate surface area is 154 Å². The van der Waals surface area contributed by atoms with Gasteiger partial charge >= 0.3 is 0 Å². The summed E-state index contributed by atoms with van der Waals surface area (Å²) in [6.45, 7) is 2.02. The van der Waals surface area contributed by atoms with E-state index >= 15 is 0 Å². The van der Waals surface area contributed by atoms with Crippen LogP contribution in [-0.4, -0.2) is 18.6 Å². The molecular weight excluding hydrogens is 378 g/mol. The van der Waals surface area contributed by atoms with Crippen molar-refractivity contribution in [3.05, 3.63) is 38.8 Å². The number of hydrogen-bond acceptors (Lipinski definition) is 7. The largest absolute Gasteiger partial charge is 0.355 e. The molecular formula is C16H17N3O3S3. The first-order valence-corrected chi connectivity index (χ1v) is 11.1. The molecule has 1 aliphatic carbocycles. The van der Waals surface area contributed by atoms with Gasteiger partial charge in [0.25, 0.3) is 0 Å². The highest BCUT2D eigenvalue weighted by atomic mass is 32.2. The third-order valence-electron chi connectivity index (χ3n) is 4.15. The first kappa shape index (κ1) is 16.9. The lowest BCUT2D eigenvalue weighted by Crippen LogP contribution is -2.23. The van der Waals surface area contributed by atoms with Crippen molar-refractivity contribution >= 4 is 32.7 Å². The van der Waals surface area contributed by atoms with Gasteiger partial charge in [0.15, 0.2) is 5.76 Å². The van der Waals surface area contributed by atoms with Gasteiger partial charge in [-0.3, -0.25) is 0 Å². The van der Waals surface area contributed by atoms with Gasteiger partial charge in [-0.25, -0.2) is 18.1 Å². The van der Waals surface area contributed by atoms with Crippen LogP contribution in [0, 0.1) is 6.92 Å². The molecule has 132 valence electrons. The Kier molecular flexibility index (Phi) is 4.48. The summed E-state index contributed by atoms with van der Waals surface area (Å²) in [5.41, 5.74) is 1.14. The molecule has 3 aromatic rings. The van der Waals surface area contributed by atoms with Crippen LogP contribution in [0.5, 0.6) is 0 Å². The van der Waals surface area contributed by atoms with Crippen molar-refractivity contribution in [1.82, 2.24) is 14.9 Å². The fraction of sp³-hybridized carbons (Fsp3) is 0.375. The van der Waals surface area contributed by atoms with E-state index < -0.39 is 10.0 Å². The van der Waals surface area contributed by atoms with E-state index in [9.17, 15) is 8.42 Å². The Morgan fingerprint density at radius 1 is 1.28 bits per heavy atom. The van der Waals surface area contributed by atoms with Gasteiger partial charge in [-0.1, -0.05) is 5.16 Å². The fourth-order valence-electron chi connectivity index (χ4n) is 2.91. The van der Waals surface area contributed by atoms with Crippen molar-refractivity contribution in [2.75, 3.05) is 0 Å². The number of aryl methyl sites for hydroxylation is 3. The Hall–Kier alpha value is -1.55. The SMILES string of the molecule is Cc1sc(-c2ccno2)cc1S(=O)(=O)NCc1nc2c(s1)CCCC2. The number of hydrogen-bond donors (Lipinski definition) is 1. The molecule has 0 saturated carbocycles. The summed E-state index contributed by atoms with van der Waals surface area (Å²) in [6, 6.07) is 3.35. The van der Waals surface area contributed by atoms with Crippen molar-refractivity contribution in [3.8, 4) is 10.6 Å². The molecule has 0 unspecified atom stereocenters. The molecule has 0 bridgehead atoms. The van der Waals surface area contributed by atoms with Gasteiger partial charge in [-0.05, 0) is 38.7 Å². The maximum Gasteiger partial charge on any atom is 0.242 e. The van der Waals surface area contributed by atoms with E-state index in [0.717, 1.165) is 33.3 Å². The standard InChI is InChI=1S/C16H17N3O3S3/c1-10-15(8-14(23-10)12-6-7-17-22-12)25(20,21)18-9-16-19-11-4-2-3-5-13(11)24-16/h6-8,18H,2-5,9H2,1H3. The lowest BCUT2D eigenvalue weighted by Gasteiger charge is -2.06. The smallest absolute Gasteiger partial charge is 0.242 e. The number of nitrogens with zero attached hydrogens (tertiary/aromatic N) is 2. The Bertz CT molecular complexity index is 964. The summed E-state index contributed by atoms with van der Waals surface area (Å²) >= 11 is 3.00. The predicted octanol–water partition coefficient (Wildman–Crippen LogP) is 3.53. The normalized spacial score (nSPS) is 14.6. The molecule has 0 saturated heterocycles. The Morgan fingerprint density at radius 3 is 2.88 bits per heavy atom. The Balaban J connectivity index is 1.53. The van der Waals surface area contributed by atoms with Crippen molar-refractivity contribution in [2.45, 2.75) is 44.0 Å². The highest BCUT2D eigenvalue weighted by Gasteiger charge is 2.22. The first-order valence-electron chi connectivity index (χ1n) is 8.01. The highest BCUT2D eigenvalue weighted by Crippen LogP contribution is 2.33. The third-order valence-corrected chi connectivity index (χ3v) is 8.02. The van der Waals surface area contributed by atoms with Crippen LogP contribution in [0.3, 0.4) is 0 Å². The summed E-state index contributed by atoms with van der Waals surface area (Å²) < 4.78 is 33.2. The van der Waals surface area contributed by atoms with Crippen LogP contribution in [-0.2, 0) is 29.4 Å². The van der Waals surface area contributed by atoms with Crippen molar-refractivity contribution in [1.29, 1.82) is 0 Å². The van der Waals surface area contributed by atoms with E-state index in [2.05, 4.69) is 14.9 Å². The molecule has 0 aliphatic heterocycles. The lowest BCUT2D eigenvalue weighted by molar-refractivity contribution is 0.433. The van der Waals surface area contributed by atoms with Crippen molar-refractivity contribution < 1.29 is 12.9 Å². The maximum atomic E-state index is 12.7. The molecule has 0 radical (unpaired) electrons. The highest BCUT2D eigenvalue weighted by molar-refractivity contribution is 7.89. The van der Waals surface area contributed by atoms with Crippen LogP contribution in [0.15, 0.2) is 27.7 Å². The molecule has 3 heterocycles. The summed E-state index contributed by atoms with van der Waals surface area (Å²) in [4.78, 5) is 7.64. The molecule has 25 heavy (non-hydrogen) atoms. The van der Waals surface area contributed by atoms with Crippen molar-refractivity contribution in [3.63, 3.8) is 0 Å². The molecule has 0 fully saturated rings. The number of fused-ring (bicyclic) bond motifs is 1. The number of nitrogens with one attached hydrogen (secondary N) is 1. The van der Waals surface area contributed by atoms with Crippen LogP contribution in [0.25, 0.3) is 10.6 Å². The molecule has 0 atom stereocenters. The first-order chi connectivity index (χ1) is 12.0. The minimum absolute atomic E-state index is 0.229. The van der Waals surface area contributed by atoms with Crippen LogP contribution < -0.4 is 4.72 Å². The molecule has 6 nitrogen and oxygen atoms in total. The summed E-state index contributed by atoms with van der Waals surface area (Å²) in [5, 5.41) is 4.50. The van der Waals surface area contributed by atoms with Crippen LogP contribution in [0.1, 0.15) is 33.3 Å². The van der Waals surface area contributed by atoms with Crippen LogP contribution >= 0.6 is 22.7 Å². The molecule has 9 heteroatoms. The van der Waals surface area contributed by atoms with E-state index in [1.807, 2.05) is 0 Å². The molecule has 3 aromatic heterocycles. The van der Waals surface area contributed by atoms with E-state index in [0.29, 0.717) is 5.76 Å². The van der Waals surface area contributed by atoms with Gasteiger partial charge in [0.05, 0.1) is 28.2 Å². The summed E-state index contributed by atoms with van der Waals surface area (Å²) in [5.74, 6) is 0.571. The topological polar surface area (TPSA) is 85.1 Å². The minimum atomic E-state index is -3.60. The minimum Gasteiger partial charge on any atom is -0.355 e. The average molecular weight is 396 g/mol. The molecule has 0 amide bonds. The Morgan fingerprint density at radius 2 is 2.12 bits per heavy atom. The van der Waals surface area contributed by atoms with E-state index in [1.165, 1.54) is 29.1 Å². The van der Waals surface area contributed by atoms with Gasteiger partial charge in [0, 0.05) is 15.8 Å². The van der Waals surface area contributed by atoms with E-state index in [1.54, 1.807) is 36.6 Å². The molecule has 0 spiro atoms. The van der Waals surface area contributed by atoms with Crippen LogP contribution in [0.2, 0.25) is 0 Å². The third kappa shape index (κ3) is 3.41. The monoisotopic (exact) mass is 395 g/mol. The summed E-state index contributed by atoms with van der Waals surface area (Å²) in [6.07, 6.45) is 5.97. The summed E-state index contributed by atoms with van der Waals surface area (Å²) in [7, 11) is -3.60. The van der Waals surface area contributed by atoms with Crippen LogP contribution in [0.4, 0.5) is 0 Å². The van der Waals surface area contributed by atoms with Gasteiger partial charge in [-0.2, -0.15) is 0 Å². The second-order valence-corrected chi connectivity index (χ2v) is 10.1. The number of thiophene rings is 1. The second-order valence-electron chi connectivity index (χ2n) is 5.92. The zero-order chi connectivity index (χ0) is 17.4. The number of aromatic nitrogens is 2. The fourth-order valence-corrected chi connectivity index (χ4v) is 6.63. The van der Waals surface area contributed by atoms with Gasteiger partial charge in [0.2, 0.25) is 10.0 Å². The number of thiazole rings is 1. The van der Waals surface area contributed by atoms with E-state index in [-0.39, 0.29) is 11.4 Å². The average Bonchev–Trinajstić information content (AvgIpc) is 3.31.